The Balaban J connectivity index is 2.50. The number of carbonyl (C=O) groups is 2. The molecule has 0 radical (unpaired) electrons. The molecule has 0 aromatic carbocycles. The quantitative estimate of drug-likeness (QED) is 0.755. The number of nitrogens with zero attached hydrogens (tertiary/aromatic N) is 1. The van der Waals surface area contributed by atoms with Gasteiger partial charge in [0.05, 0.1) is 0 Å². The number of carbonyl (C=O) groups excluding carboxylic acids is 2. The molecule has 0 bridgehead atoms. The molecule has 0 saturated carbocycles. The van der Waals surface area contributed by atoms with Crippen LogP contribution in [0.4, 0.5) is 0 Å². The summed E-state index contributed by atoms with van der Waals surface area (Å²) in [4.78, 5) is 24.1. The van der Waals surface area contributed by atoms with E-state index in [0.717, 1.165) is 19.4 Å². The zero-order valence-electron chi connectivity index (χ0n) is 9.58. The highest BCUT2D eigenvalue weighted by Gasteiger charge is 2.27. The number of nitrogens with two attached hydrogens (primary N) is 1. The fraction of sp³-hybridized carbons (Fsp3) is 0.818. The number of primary amides is 1. The van der Waals surface area contributed by atoms with E-state index in [2.05, 4.69) is 13.8 Å². The van der Waals surface area contributed by atoms with E-state index >= 15 is 0 Å². The molecule has 1 heterocycles. The summed E-state index contributed by atoms with van der Waals surface area (Å²) in [6.07, 6.45) is 2.79. The SMILES string of the molecule is CC1(C)CCC(=O)N(CCC(N)=O)CC1. The lowest BCUT2D eigenvalue weighted by atomic mass is 9.85. The lowest BCUT2D eigenvalue weighted by Gasteiger charge is -2.23. The molecule has 2 amide bonds. The smallest absolute Gasteiger partial charge is 0.222 e. The van der Waals surface area contributed by atoms with Crippen molar-refractivity contribution >= 4 is 11.8 Å². The lowest BCUT2D eigenvalue weighted by Crippen LogP contribution is -2.33. The monoisotopic (exact) mass is 212 g/mol. The van der Waals surface area contributed by atoms with Gasteiger partial charge in [-0.3, -0.25) is 9.59 Å². The molecule has 15 heavy (non-hydrogen) atoms. The molecule has 86 valence electrons. The van der Waals surface area contributed by atoms with Crippen molar-refractivity contribution in [3.63, 3.8) is 0 Å². The van der Waals surface area contributed by atoms with E-state index in [9.17, 15) is 9.59 Å². The van der Waals surface area contributed by atoms with Crippen LogP contribution in [0.5, 0.6) is 0 Å². The second kappa shape index (κ2) is 4.64. The fourth-order valence-electron chi connectivity index (χ4n) is 1.77. The van der Waals surface area contributed by atoms with Gasteiger partial charge in [0.2, 0.25) is 11.8 Å². The molecule has 0 aromatic heterocycles. The molecule has 0 aliphatic carbocycles. The Hall–Kier alpha value is -1.06. The minimum absolute atomic E-state index is 0.154. The maximum absolute atomic E-state index is 11.7. The van der Waals surface area contributed by atoms with Crippen molar-refractivity contribution in [1.29, 1.82) is 0 Å². The molecule has 4 heteroatoms. The minimum atomic E-state index is -0.341. The first-order valence-corrected chi connectivity index (χ1v) is 5.47. The van der Waals surface area contributed by atoms with Crippen LogP contribution in [0.15, 0.2) is 0 Å². The van der Waals surface area contributed by atoms with Crippen LogP contribution in [0.3, 0.4) is 0 Å². The van der Waals surface area contributed by atoms with Crippen molar-refractivity contribution in [3.8, 4) is 0 Å². The summed E-state index contributed by atoms with van der Waals surface area (Å²) in [5.74, 6) is -0.187. The van der Waals surface area contributed by atoms with Gasteiger partial charge in [0.1, 0.15) is 0 Å². The van der Waals surface area contributed by atoms with Crippen LogP contribution in [-0.4, -0.2) is 29.8 Å². The number of rotatable bonds is 3. The first-order chi connectivity index (χ1) is 6.91. The van der Waals surface area contributed by atoms with Gasteiger partial charge in [0, 0.05) is 25.9 Å². The number of amides is 2. The molecule has 1 fully saturated rings. The van der Waals surface area contributed by atoms with Gasteiger partial charge in [0.15, 0.2) is 0 Å². The summed E-state index contributed by atoms with van der Waals surface area (Å²) in [6, 6.07) is 0. The Bertz CT molecular complexity index is 261. The number of hydrogen-bond acceptors (Lipinski definition) is 2. The van der Waals surface area contributed by atoms with Crippen LogP contribution >= 0.6 is 0 Å². The zero-order chi connectivity index (χ0) is 11.5. The minimum Gasteiger partial charge on any atom is -0.370 e. The second-order valence-electron chi connectivity index (χ2n) is 5.01. The van der Waals surface area contributed by atoms with Gasteiger partial charge in [-0.2, -0.15) is 0 Å². The van der Waals surface area contributed by atoms with Crippen LogP contribution in [-0.2, 0) is 9.59 Å². The van der Waals surface area contributed by atoms with Crippen molar-refractivity contribution in [3.05, 3.63) is 0 Å². The highest BCUT2D eigenvalue weighted by Crippen LogP contribution is 2.30. The highest BCUT2D eigenvalue weighted by atomic mass is 16.2. The molecule has 0 unspecified atom stereocenters. The predicted octanol–water partition coefficient (Wildman–Crippen LogP) is 0.901. The molecule has 1 aliphatic heterocycles. The van der Waals surface area contributed by atoms with Gasteiger partial charge in [-0.25, -0.2) is 0 Å². The van der Waals surface area contributed by atoms with E-state index in [1.807, 2.05) is 0 Å². The van der Waals surface area contributed by atoms with Gasteiger partial charge in [-0.05, 0) is 18.3 Å². The number of likely N-dealkylation sites (tertiary alicyclic amines) is 1. The van der Waals surface area contributed by atoms with Gasteiger partial charge in [0.25, 0.3) is 0 Å². The summed E-state index contributed by atoms with van der Waals surface area (Å²) in [5, 5.41) is 0. The van der Waals surface area contributed by atoms with Crippen molar-refractivity contribution < 1.29 is 9.59 Å². The maximum atomic E-state index is 11.7. The third-order valence-corrected chi connectivity index (χ3v) is 3.05. The van der Waals surface area contributed by atoms with Crippen LogP contribution in [0.25, 0.3) is 0 Å². The largest absolute Gasteiger partial charge is 0.370 e. The van der Waals surface area contributed by atoms with Crippen LogP contribution in [0.2, 0.25) is 0 Å². The fourth-order valence-corrected chi connectivity index (χ4v) is 1.77. The van der Waals surface area contributed by atoms with E-state index in [4.69, 9.17) is 5.73 Å². The van der Waals surface area contributed by atoms with Gasteiger partial charge in [-0.15, -0.1) is 0 Å². The standard InChI is InChI=1S/C11H20N2O2/c1-11(2)5-3-10(15)13(8-6-11)7-4-9(12)14/h3-8H2,1-2H3,(H2,12,14). The summed E-state index contributed by atoms with van der Waals surface area (Å²) >= 11 is 0. The Labute approximate surface area is 90.8 Å². The Morgan fingerprint density at radius 2 is 2.13 bits per heavy atom. The van der Waals surface area contributed by atoms with Crippen LogP contribution in [0, 0.1) is 5.41 Å². The van der Waals surface area contributed by atoms with Crippen molar-refractivity contribution in [1.82, 2.24) is 4.90 Å². The lowest BCUT2D eigenvalue weighted by molar-refractivity contribution is -0.131. The molecular formula is C11H20N2O2. The normalized spacial score (nSPS) is 21.2. The Morgan fingerprint density at radius 1 is 1.47 bits per heavy atom. The summed E-state index contributed by atoms with van der Waals surface area (Å²) < 4.78 is 0. The third-order valence-electron chi connectivity index (χ3n) is 3.05. The third kappa shape index (κ3) is 3.90. The van der Waals surface area contributed by atoms with Crippen molar-refractivity contribution in [2.75, 3.05) is 13.1 Å². The van der Waals surface area contributed by atoms with E-state index in [1.165, 1.54) is 0 Å². The van der Waals surface area contributed by atoms with Crippen LogP contribution < -0.4 is 5.73 Å². The summed E-state index contributed by atoms with van der Waals surface area (Å²) in [7, 11) is 0. The molecule has 0 spiro atoms. The van der Waals surface area contributed by atoms with Crippen molar-refractivity contribution in [2.45, 2.75) is 39.5 Å². The summed E-state index contributed by atoms with van der Waals surface area (Å²) in [5.41, 5.74) is 5.30. The molecule has 1 aliphatic rings. The van der Waals surface area contributed by atoms with Crippen molar-refractivity contribution in [2.24, 2.45) is 11.1 Å². The first kappa shape index (κ1) is 12.0. The molecule has 1 saturated heterocycles. The van der Waals surface area contributed by atoms with E-state index in [1.54, 1.807) is 4.90 Å². The van der Waals surface area contributed by atoms with Gasteiger partial charge in [-0.1, -0.05) is 13.8 Å². The average molecular weight is 212 g/mol. The molecule has 2 N–H and O–H groups in total. The van der Waals surface area contributed by atoms with E-state index in [0.29, 0.717) is 13.0 Å². The van der Waals surface area contributed by atoms with Gasteiger partial charge >= 0.3 is 0 Å². The van der Waals surface area contributed by atoms with Crippen LogP contribution in [0.1, 0.15) is 39.5 Å². The topological polar surface area (TPSA) is 63.4 Å². The first-order valence-electron chi connectivity index (χ1n) is 5.47. The summed E-state index contributed by atoms with van der Waals surface area (Å²) in [6.45, 7) is 5.58. The van der Waals surface area contributed by atoms with E-state index < -0.39 is 0 Å². The zero-order valence-corrected chi connectivity index (χ0v) is 9.58. The Kier molecular flexibility index (Phi) is 3.72. The van der Waals surface area contributed by atoms with E-state index in [-0.39, 0.29) is 23.7 Å². The van der Waals surface area contributed by atoms with Gasteiger partial charge < -0.3 is 10.6 Å². The number of hydrogen-bond donors (Lipinski definition) is 1. The maximum Gasteiger partial charge on any atom is 0.222 e. The second-order valence-corrected chi connectivity index (χ2v) is 5.01. The molecule has 4 nitrogen and oxygen atoms in total. The molecular weight excluding hydrogens is 192 g/mol. The highest BCUT2D eigenvalue weighted by molar-refractivity contribution is 5.78. The average Bonchev–Trinajstić information content (AvgIpc) is 2.25. The predicted molar refractivity (Wildman–Crippen MR) is 58.0 cm³/mol. The Morgan fingerprint density at radius 3 is 2.73 bits per heavy atom. The molecule has 0 aromatic rings. The molecule has 0 atom stereocenters. The molecule has 1 rings (SSSR count).